The van der Waals surface area contributed by atoms with Gasteiger partial charge in [-0.25, -0.2) is 0 Å². The Bertz CT molecular complexity index is 1590. The summed E-state index contributed by atoms with van der Waals surface area (Å²) in [5.41, 5.74) is 0.119. The van der Waals surface area contributed by atoms with Crippen LogP contribution in [0.25, 0.3) is 10.8 Å². The van der Waals surface area contributed by atoms with E-state index in [1.54, 1.807) is 54.6 Å². The zero-order valence-electron chi connectivity index (χ0n) is 19.2. The van der Waals surface area contributed by atoms with Crippen LogP contribution in [0.2, 0.25) is 0 Å². The standard InChI is InChI=1S/C27H20F3NO4S/c1-17-14-20(27(28,29)30)16-21(15-17)36(33,34)35-31-25(19-8-4-3-5-9-19)26(32)24-13-12-18(2)22-10-6-7-11-23(22)24/h3-16H,1-2H3/b31-25+. The van der Waals surface area contributed by atoms with Crippen molar-refractivity contribution in [3.63, 3.8) is 0 Å². The number of nitrogens with zero attached hydrogens (tertiary/aromatic N) is 1. The monoisotopic (exact) mass is 511 g/mol. The highest BCUT2D eigenvalue weighted by Gasteiger charge is 2.33. The van der Waals surface area contributed by atoms with Crippen LogP contribution in [0.5, 0.6) is 0 Å². The lowest BCUT2D eigenvalue weighted by atomic mass is 9.94. The minimum Gasteiger partial charge on any atom is -0.287 e. The van der Waals surface area contributed by atoms with E-state index in [9.17, 15) is 26.4 Å². The lowest BCUT2D eigenvalue weighted by molar-refractivity contribution is -0.137. The third-order valence-electron chi connectivity index (χ3n) is 5.54. The Labute approximate surface area is 206 Å². The zero-order chi connectivity index (χ0) is 26.1. The highest BCUT2D eigenvalue weighted by atomic mass is 32.2. The molecule has 0 bridgehead atoms. The summed E-state index contributed by atoms with van der Waals surface area (Å²) in [6.45, 7) is 3.23. The number of rotatable bonds is 6. The average Bonchev–Trinajstić information content (AvgIpc) is 2.84. The summed E-state index contributed by atoms with van der Waals surface area (Å²) >= 11 is 0. The molecule has 0 heterocycles. The van der Waals surface area contributed by atoms with E-state index >= 15 is 0 Å². The third kappa shape index (κ3) is 5.16. The van der Waals surface area contributed by atoms with E-state index in [4.69, 9.17) is 4.28 Å². The van der Waals surface area contributed by atoms with E-state index < -0.39 is 32.5 Å². The molecule has 0 aliphatic rings. The summed E-state index contributed by atoms with van der Waals surface area (Å²) < 4.78 is 70.1. The van der Waals surface area contributed by atoms with Gasteiger partial charge in [0.25, 0.3) is 0 Å². The van der Waals surface area contributed by atoms with Crippen molar-refractivity contribution in [1.29, 1.82) is 0 Å². The Morgan fingerprint density at radius 2 is 1.47 bits per heavy atom. The number of fused-ring (bicyclic) bond motifs is 1. The van der Waals surface area contributed by atoms with Crippen molar-refractivity contribution in [2.24, 2.45) is 5.16 Å². The number of hydrogen-bond donors (Lipinski definition) is 0. The third-order valence-corrected chi connectivity index (χ3v) is 6.63. The van der Waals surface area contributed by atoms with Gasteiger partial charge >= 0.3 is 16.3 Å². The molecule has 0 aromatic heterocycles. The second-order valence-electron chi connectivity index (χ2n) is 8.17. The number of oxime groups is 1. The first-order valence-electron chi connectivity index (χ1n) is 10.8. The Morgan fingerprint density at radius 1 is 0.833 bits per heavy atom. The fourth-order valence-corrected chi connectivity index (χ4v) is 4.64. The maximum Gasteiger partial charge on any atom is 0.416 e. The molecule has 0 spiro atoms. The summed E-state index contributed by atoms with van der Waals surface area (Å²) in [6.07, 6.45) is -4.75. The van der Waals surface area contributed by atoms with Crippen LogP contribution in [0.4, 0.5) is 13.2 Å². The van der Waals surface area contributed by atoms with Crippen molar-refractivity contribution in [3.05, 3.63) is 113 Å². The maximum atomic E-state index is 13.6. The molecule has 0 unspecified atom stereocenters. The van der Waals surface area contributed by atoms with Crippen LogP contribution in [0.15, 0.2) is 95.0 Å². The van der Waals surface area contributed by atoms with Crippen molar-refractivity contribution >= 4 is 32.4 Å². The number of halogens is 3. The normalized spacial score (nSPS) is 12.5. The first kappa shape index (κ1) is 25.1. The van der Waals surface area contributed by atoms with Gasteiger partial charge < -0.3 is 0 Å². The number of Topliss-reactive ketones (excluding diaryl/α,β-unsaturated/α-hetero) is 1. The second kappa shape index (κ2) is 9.58. The molecular weight excluding hydrogens is 491 g/mol. The number of carbonyl (C=O) groups excluding carboxylic acids is 1. The van der Waals surface area contributed by atoms with Crippen LogP contribution < -0.4 is 0 Å². The number of alkyl halides is 3. The first-order chi connectivity index (χ1) is 17.0. The molecule has 9 heteroatoms. The number of aryl methyl sites for hydroxylation is 2. The van der Waals surface area contributed by atoms with E-state index in [0.29, 0.717) is 11.5 Å². The molecule has 184 valence electrons. The van der Waals surface area contributed by atoms with Crippen LogP contribution in [0.3, 0.4) is 0 Å². The van der Waals surface area contributed by atoms with Gasteiger partial charge in [0, 0.05) is 11.1 Å². The van der Waals surface area contributed by atoms with E-state index in [1.807, 2.05) is 19.1 Å². The molecule has 5 nitrogen and oxygen atoms in total. The van der Waals surface area contributed by atoms with E-state index in [1.165, 1.54) is 6.92 Å². The highest BCUT2D eigenvalue weighted by Crippen LogP contribution is 2.32. The molecule has 4 aromatic rings. The average molecular weight is 512 g/mol. The molecule has 0 atom stereocenters. The van der Waals surface area contributed by atoms with Crippen LogP contribution in [0.1, 0.15) is 32.6 Å². The van der Waals surface area contributed by atoms with Crippen molar-refractivity contribution in [2.45, 2.75) is 24.9 Å². The van der Waals surface area contributed by atoms with Gasteiger partial charge in [-0.05, 0) is 53.9 Å². The Morgan fingerprint density at radius 3 is 2.14 bits per heavy atom. The van der Waals surface area contributed by atoms with Gasteiger partial charge in [-0.15, -0.1) is 0 Å². The molecule has 0 amide bonds. The maximum absolute atomic E-state index is 13.6. The zero-order valence-corrected chi connectivity index (χ0v) is 20.0. The smallest absolute Gasteiger partial charge is 0.287 e. The molecule has 0 aliphatic heterocycles. The molecule has 4 aromatic carbocycles. The summed E-state index contributed by atoms with van der Waals surface area (Å²) in [5, 5.41) is 5.14. The molecular formula is C27H20F3NO4S. The van der Waals surface area contributed by atoms with Gasteiger partial charge in [0.15, 0.2) is 5.71 Å². The molecule has 0 saturated heterocycles. The van der Waals surface area contributed by atoms with Gasteiger partial charge in [0.05, 0.1) is 5.56 Å². The fourth-order valence-electron chi connectivity index (χ4n) is 3.78. The fraction of sp³-hybridized carbons (Fsp3) is 0.111. The van der Waals surface area contributed by atoms with Gasteiger partial charge in [-0.1, -0.05) is 71.9 Å². The van der Waals surface area contributed by atoms with Gasteiger partial charge in [0.2, 0.25) is 5.78 Å². The van der Waals surface area contributed by atoms with Gasteiger partial charge in [-0.2, -0.15) is 21.6 Å². The molecule has 36 heavy (non-hydrogen) atoms. The van der Waals surface area contributed by atoms with Gasteiger partial charge in [0.1, 0.15) is 4.90 Å². The van der Waals surface area contributed by atoms with Crippen molar-refractivity contribution < 1.29 is 30.7 Å². The van der Waals surface area contributed by atoms with Gasteiger partial charge in [-0.3, -0.25) is 9.08 Å². The summed E-state index contributed by atoms with van der Waals surface area (Å²) in [7, 11) is -4.77. The molecule has 4 rings (SSSR count). The largest absolute Gasteiger partial charge is 0.416 e. The molecule has 0 N–H and O–H groups in total. The van der Waals surface area contributed by atoms with E-state index in [-0.39, 0.29) is 22.4 Å². The Balaban J connectivity index is 1.80. The number of benzene rings is 4. The number of carbonyl (C=O) groups is 1. The predicted octanol–water partition coefficient (Wildman–Crippen LogP) is 6.47. The molecule has 0 aliphatic carbocycles. The summed E-state index contributed by atoms with van der Waals surface area (Å²) in [5.74, 6) is -0.604. The van der Waals surface area contributed by atoms with Crippen LogP contribution in [-0.2, 0) is 20.6 Å². The molecule has 0 saturated carbocycles. The SMILES string of the molecule is Cc1cc(C(F)(F)F)cc(S(=O)(=O)O/N=C(/C(=O)c2ccc(C)c3ccccc23)c2ccccc2)c1. The van der Waals surface area contributed by atoms with Crippen LogP contribution in [-0.4, -0.2) is 19.9 Å². The van der Waals surface area contributed by atoms with Crippen molar-refractivity contribution in [1.82, 2.24) is 0 Å². The number of ketones is 1. The summed E-state index contributed by atoms with van der Waals surface area (Å²) in [4.78, 5) is 12.9. The van der Waals surface area contributed by atoms with Crippen molar-refractivity contribution in [3.8, 4) is 0 Å². The Hall–Kier alpha value is -3.98. The van der Waals surface area contributed by atoms with E-state index in [2.05, 4.69) is 5.16 Å². The van der Waals surface area contributed by atoms with Crippen LogP contribution in [0, 0.1) is 13.8 Å². The topological polar surface area (TPSA) is 72.8 Å². The highest BCUT2D eigenvalue weighted by molar-refractivity contribution is 7.86. The molecule has 0 radical (unpaired) electrons. The van der Waals surface area contributed by atoms with Crippen LogP contribution >= 0.6 is 0 Å². The minimum atomic E-state index is -4.77. The molecule has 0 fully saturated rings. The summed E-state index contributed by atoms with van der Waals surface area (Å²) in [6, 6.07) is 21.0. The lowest BCUT2D eigenvalue weighted by Crippen LogP contribution is -2.18. The lowest BCUT2D eigenvalue weighted by Gasteiger charge is -2.12. The Kier molecular flexibility index (Phi) is 6.69. The number of hydrogen-bond acceptors (Lipinski definition) is 5. The first-order valence-corrected chi connectivity index (χ1v) is 12.2. The second-order valence-corrected chi connectivity index (χ2v) is 9.70. The quantitative estimate of drug-likeness (QED) is 0.169. The predicted molar refractivity (Wildman–Crippen MR) is 130 cm³/mol. The van der Waals surface area contributed by atoms with Crippen molar-refractivity contribution in [2.75, 3.05) is 0 Å². The minimum absolute atomic E-state index is 0.0708. The van der Waals surface area contributed by atoms with E-state index in [0.717, 1.165) is 23.1 Å².